The molecule has 3 heterocycles. The predicted molar refractivity (Wildman–Crippen MR) is 90.7 cm³/mol. The van der Waals surface area contributed by atoms with E-state index in [0.29, 0.717) is 17.5 Å². The van der Waals surface area contributed by atoms with E-state index in [4.69, 9.17) is 9.15 Å². The minimum Gasteiger partial charge on any atom is -0.497 e. The van der Waals surface area contributed by atoms with Crippen molar-refractivity contribution in [3.05, 3.63) is 54.3 Å². The lowest BCUT2D eigenvalue weighted by Crippen LogP contribution is -2.23. The second-order valence-electron chi connectivity index (χ2n) is 6.02. The Kier molecular flexibility index (Phi) is 4.39. The minimum absolute atomic E-state index is 0.129. The van der Waals surface area contributed by atoms with Crippen molar-refractivity contribution in [2.24, 2.45) is 0 Å². The first kappa shape index (κ1) is 15.7. The van der Waals surface area contributed by atoms with Crippen molar-refractivity contribution < 1.29 is 9.15 Å². The Morgan fingerprint density at radius 3 is 3.08 bits per heavy atom. The normalized spacial score (nSPS) is 17.7. The molecule has 3 aromatic rings. The second kappa shape index (κ2) is 6.98. The maximum Gasteiger partial charge on any atom is 0.267 e. The lowest BCUT2D eigenvalue weighted by molar-refractivity contribution is 0.215. The minimum atomic E-state index is 0.129. The van der Waals surface area contributed by atoms with Gasteiger partial charge in [0.05, 0.1) is 19.3 Å². The van der Waals surface area contributed by atoms with Crippen molar-refractivity contribution in [3.8, 4) is 17.3 Å². The molecule has 0 radical (unpaired) electrons. The largest absolute Gasteiger partial charge is 0.497 e. The molecule has 1 aromatic carbocycles. The third-order valence-electron chi connectivity index (χ3n) is 4.39. The summed E-state index contributed by atoms with van der Waals surface area (Å²) in [6, 6.07) is 8.27. The fraction of sp³-hybridized carbons (Fsp3) is 0.333. The molecule has 1 unspecified atom stereocenters. The number of aromatic nitrogens is 4. The Morgan fingerprint density at radius 1 is 1.28 bits per heavy atom. The highest BCUT2D eigenvalue weighted by molar-refractivity contribution is 5.43. The molecule has 7 nitrogen and oxygen atoms in total. The highest BCUT2D eigenvalue weighted by Crippen LogP contribution is 2.33. The van der Waals surface area contributed by atoms with Gasteiger partial charge in [0.15, 0.2) is 0 Å². The summed E-state index contributed by atoms with van der Waals surface area (Å²) in [7, 11) is 1.68. The Hall–Kier alpha value is -2.80. The topological polar surface area (TPSA) is 77.2 Å². The van der Waals surface area contributed by atoms with Crippen LogP contribution in [0, 0.1) is 0 Å². The number of nitrogens with zero attached hydrogens (tertiary/aromatic N) is 5. The van der Waals surface area contributed by atoms with Crippen molar-refractivity contribution in [2.45, 2.75) is 25.4 Å². The van der Waals surface area contributed by atoms with Gasteiger partial charge in [0.1, 0.15) is 11.4 Å². The van der Waals surface area contributed by atoms with Crippen molar-refractivity contribution in [1.29, 1.82) is 0 Å². The molecule has 25 heavy (non-hydrogen) atoms. The number of benzene rings is 1. The Balaban J connectivity index is 1.52. The average Bonchev–Trinajstić information content (AvgIpc) is 3.32. The molecule has 0 N–H and O–H groups in total. The van der Waals surface area contributed by atoms with Crippen LogP contribution in [-0.2, 0) is 6.54 Å². The van der Waals surface area contributed by atoms with Crippen LogP contribution in [-0.4, -0.2) is 38.7 Å². The molecular formula is C18H19N5O2. The van der Waals surface area contributed by atoms with E-state index in [2.05, 4.69) is 37.2 Å². The van der Waals surface area contributed by atoms with E-state index in [1.165, 1.54) is 5.56 Å². The van der Waals surface area contributed by atoms with Gasteiger partial charge in [-0.1, -0.05) is 12.1 Å². The van der Waals surface area contributed by atoms with E-state index in [1.54, 1.807) is 25.7 Å². The van der Waals surface area contributed by atoms with Crippen LogP contribution >= 0.6 is 0 Å². The highest BCUT2D eigenvalue weighted by Gasteiger charge is 2.30. The van der Waals surface area contributed by atoms with Crippen LogP contribution < -0.4 is 4.74 Å². The molecule has 1 aliphatic rings. The summed E-state index contributed by atoms with van der Waals surface area (Å²) < 4.78 is 11.2. The zero-order chi connectivity index (χ0) is 17.1. The maximum atomic E-state index is 5.88. The molecule has 0 aliphatic carbocycles. The van der Waals surface area contributed by atoms with E-state index in [-0.39, 0.29) is 6.04 Å². The SMILES string of the molecule is COc1cccc(CN2CCCC2c2nnc(-c3cnccn3)o2)c1. The van der Waals surface area contributed by atoms with Crippen LogP contribution in [0.5, 0.6) is 5.75 Å². The lowest BCUT2D eigenvalue weighted by Gasteiger charge is -2.21. The Labute approximate surface area is 145 Å². The number of methoxy groups -OCH3 is 1. The molecule has 1 fully saturated rings. The number of hydrogen-bond acceptors (Lipinski definition) is 7. The van der Waals surface area contributed by atoms with Crippen LogP contribution in [0.2, 0.25) is 0 Å². The smallest absolute Gasteiger partial charge is 0.267 e. The molecule has 1 atom stereocenters. The van der Waals surface area contributed by atoms with Gasteiger partial charge in [0.2, 0.25) is 5.89 Å². The van der Waals surface area contributed by atoms with Crippen LogP contribution in [0.25, 0.3) is 11.6 Å². The van der Waals surface area contributed by atoms with Gasteiger partial charge in [0, 0.05) is 18.9 Å². The van der Waals surface area contributed by atoms with Crippen molar-refractivity contribution in [2.75, 3.05) is 13.7 Å². The number of hydrogen-bond donors (Lipinski definition) is 0. The third-order valence-corrected chi connectivity index (χ3v) is 4.39. The van der Waals surface area contributed by atoms with Gasteiger partial charge in [-0.15, -0.1) is 10.2 Å². The van der Waals surface area contributed by atoms with Crippen LogP contribution in [0.1, 0.15) is 30.3 Å². The first-order valence-electron chi connectivity index (χ1n) is 8.30. The monoisotopic (exact) mass is 337 g/mol. The van der Waals surface area contributed by atoms with Crippen molar-refractivity contribution >= 4 is 0 Å². The van der Waals surface area contributed by atoms with E-state index in [0.717, 1.165) is 31.7 Å². The molecule has 128 valence electrons. The first-order chi connectivity index (χ1) is 12.3. The molecule has 4 rings (SSSR count). The number of ether oxygens (including phenoxy) is 1. The lowest BCUT2D eigenvalue weighted by atomic mass is 10.1. The molecule has 7 heteroatoms. The summed E-state index contributed by atoms with van der Waals surface area (Å²) in [6.07, 6.45) is 6.97. The average molecular weight is 337 g/mol. The van der Waals surface area contributed by atoms with Gasteiger partial charge in [-0.25, -0.2) is 4.98 Å². The highest BCUT2D eigenvalue weighted by atomic mass is 16.5. The zero-order valence-corrected chi connectivity index (χ0v) is 14.0. The summed E-state index contributed by atoms with van der Waals surface area (Å²) >= 11 is 0. The zero-order valence-electron chi connectivity index (χ0n) is 14.0. The standard InChI is InChI=1S/C18H19N5O2/c1-24-14-5-2-4-13(10-14)12-23-9-3-6-16(23)18-22-21-17(25-18)15-11-19-7-8-20-15/h2,4-5,7-8,10-11,16H,3,6,9,12H2,1H3. The molecule has 1 aliphatic heterocycles. The summed E-state index contributed by atoms with van der Waals surface area (Å²) in [5.74, 6) is 1.92. The van der Waals surface area contributed by atoms with Gasteiger partial charge in [-0.3, -0.25) is 9.88 Å². The number of likely N-dealkylation sites (tertiary alicyclic amines) is 1. The van der Waals surface area contributed by atoms with Crippen LogP contribution in [0.4, 0.5) is 0 Å². The fourth-order valence-electron chi connectivity index (χ4n) is 3.18. The van der Waals surface area contributed by atoms with Crippen molar-refractivity contribution in [1.82, 2.24) is 25.1 Å². The van der Waals surface area contributed by atoms with E-state index >= 15 is 0 Å². The third kappa shape index (κ3) is 3.36. The number of rotatable bonds is 5. The van der Waals surface area contributed by atoms with E-state index in [9.17, 15) is 0 Å². The molecule has 0 saturated carbocycles. The van der Waals surface area contributed by atoms with Gasteiger partial charge < -0.3 is 9.15 Å². The summed E-state index contributed by atoms with van der Waals surface area (Å²) in [5.41, 5.74) is 1.80. The van der Waals surface area contributed by atoms with Gasteiger partial charge >= 0.3 is 0 Å². The van der Waals surface area contributed by atoms with E-state index in [1.807, 2.05) is 12.1 Å². The molecular weight excluding hydrogens is 318 g/mol. The quantitative estimate of drug-likeness (QED) is 0.708. The van der Waals surface area contributed by atoms with Gasteiger partial charge in [-0.2, -0.15) is 0 Å². The van der Waals surface area contributed by atoms with Gasteiger partial charge in [0.25, 0.3) is 5.89 Å². The van der Waals surface area contributed by atoms with Crippen LogP contribution in [0.3, 0.4) is 0 Å². The van der Waals surface area contributed by atoms with E-state index < -0.39 is 0 Å². The maximum absolute atomic E-state index is 5.88. The summed E-state index contributed by atoms with van der Waals surface area (Å²) in [5, 5.41) is 8.38. The molecule has 0 bridgehead atoms. The molecule has 0 amide bonds. The molecule has 2 aromatic heterocycles. The predicted octanol–water partition coefficient (Wildman–Crippen LogP) is 2.87. The molecule has 1 saturated heterocycles. The summed E-state index contributed by atoms with van der Waals surface area (Å²) in [6.45, 7) is 1.83. The summed E-state index contributed by atoms with van der Waals surface area (Å²) in [4.78, 5) is 10.6. The van der Waals surface area contributed by atoms with Crippen molar-refractivity contribution in [3.63, 3.8) is 0 Å². The Bertz CT molecular complexity index is 836. The molecule has 0 spiro atoms. The Morgan fingerprint density at radius 2 is 2.24 bits per heavy atom. The van der Waals surface area contributed by atoms with Crippen LogP contribution in [0.15, 0.2) is 47.3 Å². The van der Waals surface area contributed by atoms with Gasteiger partial charge in [-0.05, 0) is 37.1 Å². The second-order valence-corrected chi connectivity index (χ2v) is 6.02. The fourth-order valence-corrected chi connectivity index (χ4v) is 3.18. The first-order valence-corrected chi connectivity index (χ1v) is 8.30.